The van der Waals surface area contributed by atoms with E-state index in [9.17, 15) is 17.6 Å². The number of halogens is 5. The predicted molar refractivity (Wildman–Crippen MR) is 127 cm³/mol. The Kier molecular flexibility index (Phi) is 5.18. The molecule has 0 N–H and O–H groups in total. The first-order valence-corrected chi connectivity index (χ1v) is 12.2. The molecule has 11 heteroatoms. The first-order chi connectivity index (χ1) is 17.0. The van der Waals surface area contributed by atoms with E-state index >= 15 is 0 Å². The van der Waals surface area contributed by atoms with Gasteiger partial charge in [-0.25, -0.2) is 9.37 Å². The minimum Gasteiger partial charge on any atom is -0.355 e. The van der Waals surface area contributed by atoms with Gasteiger partial charge in [0.05, 0.1) is 18.4 Å². The number of benzene rings is 1. The van der Waals surface area contributed by atoms with Crippen molar-refractivity contribution in [3.63, 3.8) is 0 Å². The van der Waals surface area contributed by atoms with Gasteiger partial charge in [0, 0.05) is 36.0 Å². The van der Waals surface area contributed by atoms with Crippen molar-refractivity contribution in [1.82, 2.24) is 24.6 Å². The highest BCUT2D eigenvalue weighted by molar-refractivity contribution is 6.30. The summed E-state index contributed by atoms with van der Waals surface area (Å²) in [5, 5.41) is 9.32. The summed E-state index contributed by atoms with van der Waals surface area (Å²) < 4.78 is 57.0. The van der Waals surface area contributed by atoms with E-state index in [0.29, 0.717) is 16.4 Å². The van der Waals surface area contributed by atoms with E-state index < -0.39 is 11.7 Å². The molecule has 36 heavy (non-hydrogen) atoms. The average Bonchev–Trinajstić information content (AvgIpc) is 3.07. The molecule has 2 aromatic heterocycles. The maximum absolute atomic E-state index is 13.9. The molecule has 0 atom stereocenters. The number of aromatic nitrogens is 4. The Labute approximate surface area is 210 Å². The van der Waals surface area contributed by atoms with E-state index in [4.69, 9.17) is 11.6 Å². The Morgan fingerprint density at radius 2 is 1.78 bits per heavy atom. The minimum absolute atomic E-state index is 0.0215. The van der Waals surface area contributed by atoms with Gasteiger partial charge in [-0.1, -0.05) is 11.6 Å². The zero-order valence-corrected chi connectivity index (χ0v) is 20.6. The molecule has 0 radical (unpaired) electrons. The van der Waals surface area contributed by atoms with E-state index in [1.807, 2.05) is 10.6 Å². The maximum Gasteiger partial charge on any atom is 0.406 e. The van der Waals surface area contributed by atoms with Crippen molar-refractivity contribution in [2.45, 2.75) is 57.4 Å². The van der Waals surface area contributed by atoms with Crippen molar-refractivity contribution in [3.05, 3.63) is 64.6 Å². The lowest BCUT2D eigenvalue weighted by Crippen LogP contribution is -2.62. The molecule has 6 rings (SSSR count). The SMILES string of the molecule is CC(C)(N1Cc2cc(Cl)ccc2-n2c(nnc2C2CC3(C2)CN(c2ccc(F)cn2)C3)C1)C(F)(F)F. The number of hydrogen-bond acceptors (Lipinski definition) is 5. The molecule has 3 aromatic rings. The molecule has 0 unspecified atom stereocenters. The highest BCUT2D eigenvalue weighted by atomic mass is 35.5. The van der Waals surface area contributed by atoms with Crippen LogP contribution in [0.2, 0.25) is 5.02 Å². The molecule has 3 aliphatic rings. The number of fused-ring (bicyclic) bond motifs is 3. The summed E-state index contributed by atoms with van der Waals surface area (Å²) >= 11 is 6.25. The van der Waals surface area contributed by atoms with Crippen molar-refractivity contribution < 1.29 is 17.6 Å². The van der Waals surface area contributed by atoms with Gasteiger partial charge in [0.15, 0.2) is 5.82 Å². The molecular formula is C25H25ClF4N6. The molecule has 0 amide bonds. The van der Waals surface area contributed by atoms with Crippen LogP contribution in [-0.4, -0.2) is 49.5 Å². The summed E-state index contributed by atoms with van der Waals surface area (Å²) in [5.74, 6) is 1.84. The number of alkyl halides is 3. The first-order valence-electron chi connectivity index (χ1n) is 11.9. The fraction of sp³-hybridized carbons (Fsp3) is 0.480. The average molecular weight is 521 g/mol. The third kappa shape index (κ3) is 3.68. The highest BCUT2D eigenvalue weighted by Crippen LogP contribution is 2.56. The van der Waals surface area contributed by atoms with Gasteiger partial charge in [0.25, 0.3) is 0 Å². The smallest absolute Gasteiger partial charge is 0.355 e. The standard InChI is InChI=1S/C25H25ClF4N6/c1-23(2,25(28,29)30)35-11-15-7-17(26)3-5-19(15)36-21(12-35)32-33-22(36)16-8-24(9-16)13-34(14-24)20-6-4-18(27)10-31-20/h3-7,10,16H,8-9,11-14H2,1-2H3. The first kappa shape index (κ1) is 23.7. The van der Waals surface area contributed by atoms with E-state index in [2.05, 4.69) is 20.1 Å². The van der Waals surface area contributed by atoms with Crippen molar-refractivity contribution in [1.29, 1.82) is 0 Å². The predicted octanol–water partition coefficient (Wildman–Crippen LogP) is 5.50. The lowest BCUT2D eigenvalue weighted by Gasteiger charge is -2.59. The molecule has 6 nitrogen and oxygen atoms in total. The molecule has 1 spiro atoms. The van der Waals surface area contributed by atoms with Gasteiger partial charge in [-0.15, -0.1) is 10.2 Å². The topological polar surface area (TPSA) is 50.1 Å². The second-order valence-corrected chi connectivity index (χ2v) is 11.2. The summed E-state index contributed by atoms with van der Waals surface area (Å²) in [6, 6.07) is 8.43. The van der Waals surface area contributed by atoms with Crippen molar-refractivity contribution in [3.8, 4) is 5.69 Å². The van der Waals surface area contributed by atoms with Crippen LogP contribution >= 0.6 is 11.6 Å². The molecule has 4 heterocycles. The second-order valence-electron chi connectivity index (χ2n) is 10.8. The summed E-state index contributed by atoms with van der Waals surface area (Å²) in [4.78, 5) is 7.69. The summed E-state index contributed by atoms with van der Waals surface area (Å²) in [7, 11) is 0. The third-order valence-corrected chi connectivity index (χ3v) is 8.26. The second kappa shape index (κ2) is 7.89. The van der Waals surface area contributed by atoms with Gasteiger partial charge in [-0.05, 0) is 62.6 Å². The van der Waals surface area contributed by atoms with Crippen LogP contribution in [0.15, 0.2) is 36.5 Å². The van der Waals surface area contributed by atoms with Crippen molar-refractivity contribution >= 4 is 17.4 Å². The van der Waals surface area contributed by atoms with Crippen molar-refractivity contribution in [2.24, 2.45) is 5.41 Å². The van der Waals surface area contributed by atoms with Crippen LogP contribution in [0.3, 0.4) is 0 Å². The molecule has 1 saturated heterocycles. The number of hydrogen-bond donors (Lipinski definition) is 0. The Bertz CT molecular complexity index is 1310. The van der Waals surface area contributed by atoms with Crippen LogP contribution in [0.1, 0.15) is 49.8 Å². The molecular weight excluding hydrogens is 496 g/mol. The van der Waals surface area contributed by atoms with Crippen LogP contribution in [0, 0.1) is 11.2 Å². The lowest BCUT2D eigenvalue weighted by molar-refractivity contribution is -0.224. The molecule has 190 valence electrons. The molecule has 1 aliphatic carbocycles. The lowest BCUT2D eigenvalue weighted by atomic mass is 9.57. The molecule has 0 bridgehead atoms. The van der Waals surface area contributed by atoms with Gasteiger partial charge < -0.3 is 4.90 Å². The number of anilines is 1. The number of nitrogens with zero attached hydrogens (tertiary/aromatic N) is 6. The summed E-state index contributed by atoms with van der Waals surface area (Å²) in [6.45, 7) is 4.18. The van der Waals surface area contributed by atoms with E-state index in [1.165, 1.54) is 31.0 Å². The molecule has 1 aromatic carbocycles. The number of rotatable bonds is 3. The molecule has 1 saturated carbocycles. The van der Waals surface area contributed by atoms with Gasteiger partial charge in [0.1, 0.15) is 23.0 Å². The Balaban J connectivity index is 1.27. The minimum atomic E-state index is -4.42. The normalized spacial score (nSPS) is 19.9. The maximum atomic E-state index is 13.9. The Morgan fingerprint density at radius 1 is 1.03 bits per heavy atom. The molecule has 2 aliphatic heterocycles. The fourth-order valence-electron chi connectivity index (χ4n) is 5.77. The zero-order chi connectivity index (χ0) is 25.5. The monoisotopic (exact) mass is 520 g/mol. The summed E-state index contributed by atoms with van der Waals surface area (Å²) in [5.41, 5.74) is -0.421. The quantitative estimate of drug-likeness (QED) is 0.427. The van der Waals surface area contributed by atoms with E-state index in [0.717, 1.165) is 43.3 Å². The third-order valence-electron chi connectivity index (χ3n) is 8.03. The van der Waals surface area contributed by atoms with E-state index in [1.54, 1.807) is 18.2 Å². The van der Waals surface area contributed by atoms with Crippen LogP contribution in [-0.2, 0) is 13.1 Å². The van der Waals surface area contributed by atoms with Gasteiger partial charge >= 0.3 is 6.18 Å². The van der Waals surface area contributed by atoms with Crippen molar-refractivity contribution in [2.75, 3.05) is 18.0 Å². The van der Waals surface area contributed by atoms with Crippen LogP contribution in [0.5, 0.6) is 0 Å². The van der Waals surface area contributed by atoms with Gasteiger partial charge in [-0.2, -0.15) is 13.2 Å². The summed E-state index contributed by atoms with van der Waals surface area (Å²) in [6.07, 6.45) is -1.38. The Hall–Kier alpha value is -2.72. The number of pyridine rings is 1. The van der Waals surface area contributed by atoms with Crippen LogP contribution in [0.4, 0.5) is 23.4 Å². The fourth-order valence-corrected chi connectivity index (χ4v) is 5.97. The van der Waals surface area contributed by atoms with Gasteiger partial charge in [-0.3, -0.25) is 9.47 Å². The highest BCUT2D eigenvalue weighted by Gasteiger charge is 2.55. The van der Waals surface area contributed by atoms with Crippen LogP contribution < -0.4 is 4.90 Å². The zero-order valence-electron chi connectivity index (χ0n) is 19.9. The Morgan fingerprint density at radius 3 is 2.44 bits per heavy atom. The van der Waals surface area contributed by atoms with Gasteiger partial charge in [0.2, 0.25) is 0 Å². The molecule has 2 fully saturated rings. The van der Waals surface area contributed by atoms with E-state index in [-0.39, 0.29) is 30.2 Å². The van der Waals surface area contributed by atoms with Crippen LogP contribution in [0.25, 0.3) is 5.69 Å². The largest absolute Gasteiger partial charge is 0.406 e.